The summed E-state index contributed by atoms with van der Waals surface area (Å²) >= 11 is 0. The van der Waals surface area contributed by atoms with Crippen LogP contribution in [0, 0.1) is 5.41 Å². The van der Waals surface area contributed by atoms with E-state index in [4.69, 9.17) is 5.41 Å². The van der Waals surface area contributed by atoms with E-state index < -0.39 is 23.0 Å². The Hall–Kier alpha value is -4.60. The van der Waals surface area contributed by atoms with Gasteiger partial charge >= 0.3 is 6.03 Å². The second kappa shape index (κ2) is 7.03. The maximum absolute atomic E-state index is 14.6. The van der Waals surface area contributed by atoms with Crippen LogP contribution in [0.3, 0.4) is 0 Å². The number of benzene rings is 2. The molecule has 0 radical (unpaired) electrons. The molecule has 0 saturated carbocycles. The Morgan fingerprint density at radius 3 is 2.13 bits per heavy atom. The number of nitrogens with zero attached hydrogens (tertiary/aromatic N) is 4. The molecular formula is C28H27N7O3. The molecule has 4 heterocycles. The Morgan fingerprint density at radius 2 is 1.50 bits per heavy atom. The number of para-hydroxylation sites is 2. The predicted octanol–water partition coefficient (Wildman–Crippen LogP) is 2.79. The minimum atomic E-state index is -1.49. The number of H-pyrrole nitrogens is 2. The number of carbonyl (C=O) groups is 3. The van der Waals surface area contributed by atoms with Gasteiger partial charge in [-0.1, -0.05) is 36.4 Å². The molecule has 2 aromatic carbocycles. The van der Waals surface area contributed by atoms with Crippen molar-refractivity contribution in [1.82, 2.24) is 29.6 Å². The number of likely N-dealkylation sites (N-methyl/N-ethyl adjacent to an activating group) is 4. The van der Waals surface area contributed by atoms with Crippen molar-refractivity contribution in [2.75, 3.05) is 28.2 Å². The number of urea groups is 1. The molecule has 2 saturated heterocycles. The van der Waals surface area contributed by atoms with Gasteiger partial charge in [-0.2, -0.15) is 0 Å². The summed E-state index contributed by atoms with van der Waals surface area (Å²) in [5.74, 6) is -1.50. The van der Waals surface area contributed by atoms with Gasteiger partial charge in [0.2, 0.25) is 5.96 Å². The number of amides is 4. The standard InChI is InChI=1S/C28H27N7O3/c1-32-24(37)28(34(3)25(32)29)21(18-14-30-19-11-7-5-10-16(18)19)27(23(36)33(2)26(38)35(27)4)13-17-15-9-6-8-12-20(15)31-22(17)28/h5-12,14,21,29-31H,13H2,1-4H3. The van der Waals surface area contributed by atoms with Crippen molar-refractivity contribution in [3.8, 4) is 0 Å². The Morgan fingerprint density at radius 1 is 0.842 bits per heavy atom. The van der Waals surface area contributed by atoms with Crippen LogP contribution in [0.25, 0.3) is 21.8 Å². The lowest BCUT2D eigenvalue weighted by Gasteiger charge is -2.53. The van der Waals surface area contributed by atoms with Crippen LogP contribution in [0.5, 0.6) is 0 Å². The smallest absolute Gasteiger partial charge is 0.327 e. The lowest BCUT2D eigenvalue weighted by molar-refractivity contribution is -0.142. The summed E-state index contributed by atoms with van der Waals surface area (Å²) in [6.45, 7) is 0. The van der Waals surface area contributed by atoms with E-state index >= 15 is 0 Å². The molecule has 2 fully saturated rings. The largest absolute Gasteiger partial charge is 0.361 e. The number of aromatic amines is 2. The highest BCUT2D eigenvalue weighted by Gasteiger charge is 2.74. The van der Waals surface area contributed by atoms with E-state index in [2.05, 4.69) is 9.97 Å². The molecule has 4 aromatic rings. The lowest BCUT2D eigenvalue weighted by atomic mass is 9.58. The second-order valence-electron chi connectivity index (χ2n) is 10.6. The fourth-order valence-corrected chi connectivity index (χ4v) is 7.29. The van der Waals surface area contributed by atoms with Gasteiger partial charge in [0.1, 0.15) is 5.54 Å². The summed E-state index contributed by atoms with van der Waals surface area (Å²) in [4.78, 5) is 54.9. The van der Waals surface area contributed by atoms with E-state index in [1.165, 1.54) is 16.8 Å². The minimum Gasteiger partial charge on any atom is -0.361 e. The summed E-state index contributed by atoms with van der Waals surface area (Å²) in [7, 11) is 6.45. The van der Waals surface area contributed by atoms with Gasteiger partial charge in [-0.15, -0.1) is 0 Å². The number of hydrogen-bond acceptors (Lipinski definition) is 4. The molecular weight excluding hydrogens is 482 g/mol. The van der Waals surface area contributed by atoms with E-state index in [1.54, 1.807) is 26.0 Å². The fourth-order valence-electron chi connectivity index (χ4n) is 7.29. The first kappa shape index (κ1) is 22.6. The van der Waals surface area contributed by atoms with Gasteiger partial charge in [0.15, 0.2) is 5.54 Å². The van der Waals surface area contributed by atoms with Crippen molar-refractivity contribution in [3.63, 3.8) is 0 Å². The molecule has 10 nitrogen and oxygen atoms in total. The molecule has 192 valence electrons. The third kappa shape index (κ3) is 2.26. The molecule has 2 spiro atoms. The summed E-state index contributed by atoms with van der Waals surface area (Å²) in [6, 6.07) is 15.1. The van der Waals surface area contributed by atoms with E-state index in [1.807, 2.05) is 54.7 Å². The maximum Gasteiger partial charge on any atom is 0.327 e. The first-order valence-corrected chi connectivity index (χ1v) is 12.5. The van der Waals surface area contributed by atoms with Crippen LogP contribution >= 0.6 is 0 Å². The number of hydrogen-bond donors (Lipinski definition) is 3. The van der Waals surface area contributed by atoms with Crippen molar-refractivity contribution < 1.29 is 14.4 Å². The molecule has 0 bridgehead atoms. The highest BCUT2D eigenvalue weighted by molar-refractivity contribution is 6.14. The van der Waals surface area contributed by atoms with Crippen molar-refractivity contribution in [2.45, 2.75) is 23.4 Å². The number of rotatable bonds is 1. The van der Waals surface area contributed by atoms with Gasteiger partial charge in [0, 0.05) is 62.6 Å². The summed E-state index contributed by atoms with van der Waals surface area (Å²) < 4.78 is 0. The zero-order valence-corrected chi connectivity index (χ0v) is 21.5. The SMILES string of the molecule is CN1C(=O)N(C)C2(Cc3c([nH]c4ccccc34)C3(C(=O)N(C)C(=N)N3C)C2c2c[nH]c3ccccc23)C1=O. The second-order valence-corrected chi connectivity index (χ2v) is 10.6. The fraction of sp³-hybridized carbons (Fsp3) is 0.286. The first-order chi connectivity index (χ1) is 18.2. The number of imide groups is 1. The molecule has 10 heteroatoms. The molecule has 2 aromatic heterocycles. The highest BCUT2D eigenvalue weighted by atomic mass is 16.2. The van der Waals surface area contributed by atoms with Crippen molar-refractivity contribution in [2.24, 2.45) is 0 Å². The molecule has 4 amide bonds. The van der Waals surface area contributed by atoms with E-state index in [0.29, 0.717) is 5.69 Å². The van der Waals surface area contributed by atoms with Gasteiger partial charge in [-0.3, -0.25) is 24.8 Å². The van der Waals surface area contributed by atoms with Crippen molar-refractivity contribution in [1.29, 1.82) is 5.41 Å². The number of carbonyl (C=O) groups excluding carboxylic acids is 3. The Balaban J connectivity index is 1.69. The zero-order valence-electron chi connectivity index (χ0n) is 21.5. The third-order valence-corrected chi connectivity index (χ3v) is 9.11. The van der Waals surface area contributed by atoms with Crippen LogP contribution < -0.4 is 0 Å². The predicted molar refractivity (Wildman–Crippen MR) is 142 cm³/mol. The zero-order chi connectivity index (χ0) is 26.7. The topological polar surface area (TPSA) is 120 Å². The van der Waals surface area contributed by atoms with E-state index in [-0.39, 0.29) is 24.2 Å². The quantitative estimate of drug-likeness (QED) is 0.342. The molecule has 3 atom stereocenters. The van der Waals surface area contributed by atoms with Crippen LogP contribution in [0.1, 0.15) is 22.7 Å². The number of fused-ring (bicyclic) bond motifs is 5. The minimum absolute atomic E-state index is 0.0225. The highest BCUT2D eigenvalue weighted by Crippen LogP contribution is 2.60. The van der Waals surface area contributed by atoms with Crippen LogP contribution in [0.2, 0.25) is 0 Å². The number of aromatic nitrogens is 2. The lowest BCUT2D eigenvalue weighted by Crippen LogP contribution is -2.67. The van der Waals surface area contributed by atoms with Crippen molar-refractivity contribution in [3.05, 3.63) is 71.5 Å². The van der Waals surface area contributed by atoms with Crippen LogP contribution in [-0.4, -0.2) is 87.1 Å². The first-order valence-electron chi connectivity index (χ1n) is 12.5. The Kier molecular flexibility index (Phi) is 4.18. The van der Waals surface area contributed by atoms with Crippen molar-refractivity contribution >= 4 is 45.6 Å². The van der Waals surface area contributed by atoms with Gasteiger partial charge in [0.05, 0.1) is 11.6 Å². The maximum atomic E-state index is 14.6. The van der Waals surface area contributed by atoms with E-state index in [9.17, 15) is 14.4 Å². The average Bonchev–Trinajstić information content (AvgIpc) is 3.61. The molecule has 7 rings (SSSR count). The molecule has 1 aliphatic carbocycles. The molecule has 2 aliphatic heterocycles. The summed E-state index contributed by atoms with van der Waals surface area (Å²) in [5, 5.41) is 10.6. The monoisotopic (exact) mass is 509 g/mol. The molecule has 38 heavy (non-hydrogen) atoms. The number of nitrogens with one attached hydrogen (secondary N) is 3. The van der Waals surface area contributed by atoms with Crippen LogP contribution in [-0.2, 0) is 21.5 Å². The van der Waals surface area contributed by atoms with Crippen LogP contribution in [0.15, 0.2) is 54.7 Å². The molecule has 3 N–H and O–H groups in total. The molecule has 3 unspecified atom stereocenters. The van der Waals surface area contributed by atoms with Gasteiger partial charge < -0.3 is 19.8 Å². The normalized spacial score (nSPS) is 27.3. The van der Waals surface area contributed by atoms with E-state index in [0.717, 1.165) is 37.8 Å². The average molecular weight is 510 g/mol. The Bertz CT molecular complexity index is 1740. The third-order valence-electron chi connectivity index (χ3n) is 9.11. The van der Waals surface area contributed by atoms with Gasteiger partial charge in [-0.25, -0.2) is 4.79 Å². The molecule has 3 aliphatic rings. The van der Waals surface area contributed by atoms with Crippen LogP contribution in [0.4, 0.5) is 4.79 Å². The summed E-state index contributed by atoms with van der Waals surface area (Å²) in [6.07, 6.45) is 2.07. The summed E-state index contributed by atoms with van der Waals surface area (Å²) in [5.41, 5.74) is 1.01. The van der Waals surface area contributed by atoms with Gasteiger partial charge in [-0.05, 0) is 23.3 Å². The Labute approximate surface area is 218 Å². The number of guanidine groups is 1. The van der Waals surface area contributed by atoms with Gasteiger partial charge in [0.25, 0.3) is 11.8 Å².